The molecule has 148 valence electrons. The Morgan fingerprint density at radius 1 is 0.889 bits per heavy atom. The van der Waals surface area contributed by atoms with Gasteiger partial charge in [-0.3, -0.25) is 0 Å². The Balaban J connectivity index is 0.000000219. The Morgan fingerprint density at radius 2 is 1.63 bits per heavy atom. The van der Waals surface area contributed by atoms with Gasteiger partial charge in [0, 0.05) is 6.61 Å². The molecular formula is C26H38O. The van der Waals surface area contributed by atoms with E-state index in [0.29, 0.717) is 11.8 Å². The number of ether oxygens (including phenoxy) is 1. The van der Waals surface area contributed by atoms with Crippen molar-refractivity contribution in [2.24, 2.45) is 5.92 Å². The predicted molar refractivity (Wildman–Crippen MR) is 119 cm³/mol. The van der Waals surface area contributed by atoms with Gasteiger partial charge in [-0.2, -0.15) is 0 Å². The van der Waals surface area contributed by atoms with Crippen LogP contribution in [-0.4, -0.2) is 12.2 Å². The van der Waals surface area contributed by atoms with Crippen molar-refractivity contribution in [3.63, 3.8) is 0 Å². The molecule has 1 nitrogen and oxygen atoms in total. The zero-order chi connectivity index (χ0) is 19.7. The molecule has 0 N–H and O–H groups in total. The molecule has 2 atom stereocenters. The van der Waals surface area contributed by atoms with Crippen molar-refractivity contribution in [3.8, 4) is 0 Å². The van der Waals surface area contributed by atoms with E-state index in [1.54, 1.807) is 0 Å². The number of allylic oxidation sites excluding steroid dienone is 5. The Hall–Kier alpha value is -1.60. The third-order valence-corrected chi connectivity index (χ3v) is 5.04. The number of hydrogen-bond donors (Lipinski definition) is 0. The molecule has 2 aliphatic rings. The van der Waals surface area contributed by atoms with Crippen LogP contribution >= 0.6 is 0 Å². The first kappa shape index (κ1) is 21.7. The monoisotopic (exact) mass is 366 g/mol. The van der Waals surface area contributed by atoms with Gasteiger partial charge in [0.05, 0.1) is 5.60 Å². The third-order valence-electron chi connectivity index (χ3n) is 5.04. The van der Waals surface area contributed by atoms with Crippen molar-refractivity contribution in [2.45, 2.75) is 78.2 Å². The summed E-state index contributed by atoms with van der Waals surface area (Å²) in [5, 5.41) is 0. The topological polar surface area (TPSA) is 9.23 Å². The van der Waals surface area contributed by atoms with Gasteiger partial charge in [-0.1, -0.05) is 86.9 Å². The molecule has 0 amide bonds. The van der Waals surface area contributed by atoms with Crippen LogP contribution in [0.15, 0.2) is 54.1 Å². The highest BCUT2D eigenvalue weighted by atomic mass is 16.5. The zero-order valence-electron chi connectivity index (χ0n) is 18.0. The molecule has 0 bridgehead atoms. The Kier molecular flexibility index (Phi) is 8.57. The average Bonchev–Trinajstić information content (AvgIpc) is 3.20. The van der Waals surface area contributed by atoms with Gasteiger partial charge in [0.25, 0.3) is 0 Å². The van der Waals surface area contributed by atoms with Crippen LogP contribution in [0, 0.1) is 5.92 Å². The summed E-state index contributed by atoms with van der Waals surface area (Å²) >= 11 is 0. The van der Waals surface area contributed by atoms with Crippen molar-refractivity contribution < 1.29 is 4.74 Å². The van der Waals surface area contributed by atoms with Crippen LogP contribution in [0.3, 0.4) is 0 Å². The molecule has 2 aliphatic carbocycles. The SMILES string of the molecule is CC1C=CC(CCCCCCOC(C)(C)C)=C1.CC1C=Cc2ccccc21. The molecule has 0 spiro atoms. The Labute approximate surface area is 167 Å². The molecule has 0 fully saturated rings. The van der Waals surface area contributed by atoms with Gasteiger partial charge in [0.15, 0.2) is 0 Å². The smallest absolute Gasteiger partial charge is 0.0598 e. The summed E-state index contributed by atoms with van der Waals surface area (Å²) < 4.78 is 5.70. The fraction of sp³-hybridized carbons (Fsp3) is 0.538. The summed E-state index contributed by atoms with van der Waals surface area (Å²) in [6.45, 7) is 11.7. The van der Waals surface area contributed by atoms with E-state index in [1.807, 2.05) is 0 Å². The van der Waals surface area contributed by atoms with Crippen molar-refractivity contribution in [1.82, 2.24) is 0 Å². The lowest BCUT2D eigenvalue weighted by Crippen LogP contribution is -2.19. The van der Waals surface area contributed by atoms with Crippen molar-refractivity contribution in [1.29, 1.82) is 0 Å². The second-order valence-corrected chi connectivity index (χ2v) is 8.86. The summed E-state index contributed by atoms with van der Waals surface area (Å²) in [6, 6.07) is 8.54. The van der Waals surface area contributed by atoms with Gasteiger partial charge in [0.1, 0.15) is 0 Å². The van der Waals surface area contributed by atoms with Crippen molar-refractivity contribution >= 4 is 6.08 Å². The molecule has 0 saturated carbocycles. The van der Waals surface area contributed by atoms with E-state index in [4.69, 9.17) is 4.74 Å². The summed E-state index contributed by atoms with van der Waals surface area (Å²) in [6.07, 6.45) is 17.8. The molecule has 0 aromatic heterocycles. The number of benzene rings is 1. The van der Waals surface area contributed by atoms with E-state index < -0.39 is 0 Å². The third kappa shape index (κ3) is 8.30. The van der Waals surface area contributed by atoms with Crippen molar-refractivity contribution in [2.75, 3.05) is 6.61 Å². The molecule has 2 unspecified atom stereocenters. The maximum absolute atomic E-state index is 5.70. The van der Waals surface area contributed by atoms with E-state index in [-0.39, 0.29) is 5.60 Å². The molecular weight excluding hydrogens is 328 g/mol. The number of hydrogen-bond acceptors (Lipinski definition) is 1. The van der Waals surface area contributed by atoms with Gasteiger partial charge >= 0.3 is 0 Å². The lowest BCUT2D eigenvalue weighted by atomic mass is 10.0. The van der Waals surface area contributed by atoms with Crippen LogP contribution in [-0.2, 0) is 4.74 Å². The quantitative estimate of drug-likeness (QED) is 0.449. The van der Waals surface area contributed by atoms with Gasteiger partial charge in [-0.05, 0) is 63.0 Å². The second kappa shape index (κ2) is 10.7. The first-order valence-corrected chi connectivity index (χ1v) is 10.6. The van der Waals surface area contributed by atoms with Crippen LogP contribution in [0.4, 0.5) is 0 Å². The minimum atomic E-state index is 0.0234. The lowest BCUT2D eigenvalue weighted by molar-refractivity contribution is -0.00473. The summed E-state index contributed by atoms with van der Waals surface area (Å²) in [7, 11) is 0. The minimum Gasteiger partial charge on any atom is -0.376 e. The molecule has 0 heterocycles. The van der Waals surface area contributed by atoms with Gasteiger partial charge < -0.3 is 4.74 Å². The maximum Gasteiger partial charge on any atom is 0.0598 e. The first-order chi connectivity index (χ1) is 12.8. The molecule has 0 radical (unpaired) electrons. The maximum atomic E-state index is 5.70. The normalized spacial score (nSPS) is 20.3. The first-order valence-electron chi connectivity index (χ1n) is 10.6. The predicted octanol–water partition coefficient (Wildman–Crippen LogP) is 7.70. The molecule has 0 saturated heterocycles. The van der Waals surface area contributed by atoms with Crippen LogP contribution in [0.1, 0.15) is 83.8 Å². The number of unbranched alkanes of at least 4 members (excludes halogenated alkanes) is 3. The highest BCUT2D eigenvalue weighted by Gasteiger charge is 2.10. The average molecular weight is 367 g/mol. The fourth-order valence-corrected chi connectivity index (χ4v) is 3.48. The molecule has 1 aromatic rings. The molecule has 1 aromatic carbocycles. The highest BCUT2D eigenvalue weighted by Crippen LogP contribution is 2.28. The highest BCUT2D eigenvalue weighted by molar-refractivity contribution is 5.61. The van der Waals surface area contributed by atoms with E-state index >= 15 is 0 Å². The van der Waals surface area contributed by atoms with Crippen LogP contribution < -0.4 is 0 Å². The fourth-order valence-electron chi connectivity index (χ4n) is 3.48. The molecule has 1 heteroatoms. The van der Waals surface area contributed by atoms with Gasteiger partial charge in [-0.15, -0.1) is 0 Å². The largest absolute Gasteiger partial charge is 0.376 e. The summed E-state index contributed by atoms with van der Waals surface area (Å²) in [5.74, 6) is 1.28. The second-order valence-electron chi connectivity index (χ2n) is 8.86. The Bertz CT molecular complexity index is 657. The van der Waals surface area contributed by atoms with Crippen LogP contribution in [0.25, 0.3) is 6.08 Å². The van der Waals surface area contributed by atoms with Crippen molar-refractivity contribution in [3.05, 3.63) is 65.3 Å². The number of fused-ring (bicyclic) bond motifs is 1. The summed E-state index contributed by atoms with van der Waals surface area (Å²) in [4.78, 5) is 0. The molecule has 0 aliphatic heterocycles. The summed E-state index contributed by atoms with van der Waals surface area (Å²) in [5.41, 5.74) is 4.40. The van der Waals surface area contributed by atoms with E-state index in [2.05, 4.69) is 89.3 Å². The molecule has 3 rings (SSSR count). The van der Waals surface area contributed by atoms with Gasteiger partial charge in [-0.25, -0.2) is 0 Å². The standard InChI is InChI=1S/C16H28O.C10H10/c1-14-10-11-15(13-14)9-7-5-6-8-12-17-16(2,3)4;1-8-6-7-9-4-2-3-5-10(8)9/h10-11,13-14H,5-9,12H2,1-4H3;2-8H,1H3. The van der Waals surface area contributed by atoms with Crippen LogP contribution in [0.5, 0.6) is 0 Å². The van der Waals surface area contributed by atoms with Gasteiger partial charge in [0.2, 0.25) is 0 Å². The van der Waals surface area contributed by atoms with Crippen LogP contribution in [0.2, 0.25) is 0 Å². The van der Waals surface area contributed by atoms with E-state index in [9.17, 15) is 0 Å². The lowest BCUT2D eigenvalue weighted by Gasteiger charge is -2.19. The number of rotatable bonds is 7. The van der Waals surface area contributed by atoms with E-state index in [1.165, 1.54) is 48.8 Å². The molecule has 27 heavy (non-hydrogen) atoms. The van der Waals surface area contributed by atoms with E-state index in [0.717, 1.165) is 6.61 Å². The minimum absolute atomic E-state index is 0.0234. The zero-order valence-corrected chi connectivity index (χ0v) is 18.0. The Morgan fingerprint density at radius 3 is 2.30 bits per heavy atom.